The van der Waals surface area contributed by atoms with E-state index in [1.165, 1.54) is 0 Å². The summed E-state index contributed by atoms with van der Waals surface area (Å²) < 4.78 is 0. The van der Waals surface area contributed by atoms with Crippen LogP contribution < -0.4 is 15.5 Å². The second-order valence-electron chi connectivity index (χ2n) is 6.25. The molecular weight excluding hydrogens is 342 g/mol. The number of anilines is 1. The Hall–Kier alpha value is -1.86. The summed E-state index contributed by atoms with van der Waals surface area (Å²) in [6.45, 7) is 4.30. The molecule has 3 rings (SSSR count). The van der Waals surface area contributed by atoms with Crippen molar-refractivity contribution in [1.29, 1.82) is 0 Å². The number of pyridine rings is 1. The lowest BCUT2D eigenvalue weighted by molar-refractivity contribution is -0.131. The van der Waals surface area contributed by atoms with E-state index in [1.54, 1.807) is 6.20 Å². The fourth-order valence-electron chi connectivity index (χ4n) is 3.21. The zero-order chi connectivity index (χ0) is 16.8. The van der Waals surface area contributed by atoms with Crippen molar-refractivity contribution in [3.63, 3.8) is 0 Å². The molecule has 0 aromatic carbocycles. The first-order valence-corrected chi connectivity index (χ1v) is 8.69. The highest BCUT2D eigenvalue weighted by Crippen LogP contribution is 2.13. The van der Waals surface area contributed by atoms with E-state index >= 15 is 0 Å². The van der Waals surface area contributed by atoms with Crippen molar-refractivity contribution in [2.45, 2.75) is 25.3 Å². The van der Waals surface area contributed by atoms with Crippen LogP contribution in [0.3, 0.4) is 0 Å². The Labute approximate surface area is 154 Å². The average molecular weight is 368 g/mol. The van der Waals surface area contributed by atoms with Gasteiger partial charge in [-0.1, -0.05) is 6.07 Å². The fourth-order valence-corrected chi connectivity index (χ4v) is 3.21. The molecule has 0 aliphatic carbocycles. The molecule has 0 saturated carbocycles. The second-order valence-corrected chi connectivity index (χ2v) is 6.25. The smallest absolute Gasteiger partial charge is 0.237 e. The number of nitrogens with zero attached hydrogens (tertiary/aromatic N) is 3. The highest BCUT2D eigenvalue weighted by Gasteiger charge is 2.23. The summed E-state index contributed by atoms with van der Waals surface area (Å²) in [5.74, 6) is 1.08. The van der Waals surface area contributed by atoms with E-state index in [0.29, 0.717) is 26.1 Å². The minimum absolute atomic E-state index is 0. The average Bonchev–Trinajstić information content (AvgIpc) is 3.17. The highest BCUT2D eigenvalue weighted by molar-refractivity contribution is 5.85. The Bertz CT molecular complexity index is 557. The Morgan fingerprint density at radius 3 is 2.68 bits per heavy atom. The first-order valence-electron chi connectivity index (χ1n) is 8.69. The molecule has 1 atom stereocenters. The van der Waals surface area contributed by atoms with Crippen molar-refractivity contribution in [3.05, 3.63) is 24.4 Å². The largest absolute Gasteiger partial charge is 0.354 e. The van der Waals surface area contributed by atoms with E-state index in [4.69, 9.17) is 0 Å². The van der Waals surface area contributed by atoms with Crippen LogP contribution in [0, 0.1) is 0 Å². The van der Waals surface area contributed by atoms with Crippen LogP contribution in [0.25, 0.3) is 0 Å². The molecule has 0 bridgehead atoms. The van der Waals surface area contributed by atoms with Gasteiger partial charge in [-0.05, 0) is 31.5 Å². The number of carbonyl (C=O) groups excluding carboxylic acids is 2. The van der Waals surface area contributed by atoms with Gasteiger partial charge in [0.15, 0.2) is 0 Å². The van der Waals surface area contributed by atoms with Gasteiger partial charge in [-0.25, -0.2) is 4.98 Å². The lowest BCUT2D eigenvalue weighted by Crippen LogP contribution is -2.49. The number of piperazine rings is 1. The third kappa shape index (κ3) is 5.31. The first kappa shape index (κ1) is 19.5. The Morgan fingerprint density at radius 1 is 1.24 bits per heavy atom. The molecular formula is C17H26ClN5O2. The van der Waals surface area contributed by atoms with Crippen molar-refractivity contribution >= 4 is 30.0 Å². The predicted molar refractivity (Wildman–Crippen MR) is 98.9 cm³/mol. The van der Waals surface area contributed by atoms with Crippen LogP contribution in [-0.2, 0) is 9.59 Å². The molecule has 8 heteroatoms. The molecule has 25 heavy (non-hydrogen) atoms. The third-order valence-corrected chi connectivity index (χ3v) is 4.62. The van der Waals surface area contributed by atoms with Gasteiger partial charge in [-0.2, -0.15) is 0 Å². The van der Waals surface area contributed by atoms with E-state index in [9.17, 15) is 9.59 Å². The third-order valence-electron chi connectivity index (χ3n) is 4.62. The lowest BCUT2D eigenvalue weighted by atomic mass is 10.2. The molecule has 2 N–H and O–H groups in total. The van der Waals surface area contributed by atoms with E-state index in [2.05, 4.69) is 20.5 Å². The number of amides is 2. The molecule has 3 heterocycles. The van der Waals surface area contributed by atoms with Crippen LogP contribution in [0.5, 0.6) is 0 Å². The number of nitrogens with one attached hydrogen (secondary N) is 2. The van der Waals surface area contributed by atoms with Crippen molar-refractivity contribution in [3.8, 4) is 0 Å². The molecule has 2 fully saturated rings. The molecule has 1 aromatic heterocycles. The van der Waals surface area contributed by atoms with Gasteiger partial charge < -0.3 is 20.4 Å². The maximum atomic E-state index is 12.3. The summed E-state index contributed by atoms with van der Waals surface area (Å²) in [4.78, 5) is 32.6. The standard InChI is InChI=1S/C17H25N5O2.ClH/c23-16(6-9-20-17(24)14-4-3-8-18-14)22-12-10-21(11-13-22)15-5-1-2-7-19-15;/h1-2,5,7,14,18H,3-4,6,8-13H2,(H,20,24);1H/t14-;/m0./s1. The Balaban J connectivity index is 0.00000225. The van der Waals surface area contributed by atoms with Gasteiger partial charge in [0.2, 0.25) is 11.8 Å². The van der Waals surface area contributed by atoms with Crippen molar-refractivity contribution < 1.29 is 9.59 Å². The van der Waals surface area contributed by atoms with Gasteiger partial charge in [0.25, 0.3) is 0 Å². The molecule has 1 aromatic rings. The molecule has 0 unspecified atom stereocenters. The molecule has 138 valence electrons. The number of aromatic nitrogens is 1. The van der Waals surface area contributed by atoms with Crippen LogP contribution in [0.15, 0.2) is 24.4 Å². The van der Waals surface area contributed by atoms with Gasteiger partial charge in [0.1, 0.15) is 5.82 Å². The lowest BCUT2D eigenvalue weighted by Gasteiger charge is -2.35. The molecule has 2 saturated heterocycles. The number of rotatable bonds is 5. The second kappa shape index (κ2) is 9.58. The van der Waals surface area contributed by atoms with Gasteiger partial charge in [0.05, 0.1) is 6.04 Å². The predicted octanol–water partition coefficient (Wildman–Crippen LogP) is 0.410. The van der Waals surface area contributed by atoms with Crippen molar-refractivity contribution in [2.75, 3.05) is 44.2 Å². The Kier molecular flexibility index (Phi) is 7.46. The van der Waals surface area contributed by atoms with E-state index in [1.807, 2.05) is 23.1 Å². The summed E-state index contributed by atoms with van der Waals surface area (Å²) in [6.07, 6.45) is 4.07. The summed E-state index contributed by atoms with van der Waals surface area (Å²) in [5, 5.41) is 6.02. The van der Waals surface area contributed by atoms with Crippen LogP contribution in [0.4, 0.5) is 5.82 Å². The number of hydrogen-bond donors (Lipinski definition) is 2. The highest BCUT2D eigenvalue weighted by atomic mass is 35.5. The van der Waals surface area contributed by atoms with Crippen LogP contribution >= 0.6 is 12.4 Å². The van der Waals surface area contributed by atoms with E-state index < -0.39 is 0 Å². The maximum Gasteiger partial charge on any atom is 0.237 e. The number of hydrogen-bond acceptors (Lipinski definition) is 5. The van der Waals surface area contributed by atoms with Crippen LogP contribution in [0.1, 0.15) is 19.3 Å². The summed E-state index contributed by atoms with van der Waals surface area (Å²) in [7, 11) is 0. The minimum Gasteiger partial charge on any atom is -0.354 e. The maximum absolute atomic E-state index is 12.3. The molecule has 2 amide bonds. The molecule has 0 radical (unpaired) electrons. The first-order chi connectivity index (χ1) is 11.7. The zero-order valence-corrected chi connectivity index (χ0v) is 15.1. The van der Waals surface area contributed by atoms with Gasteiger partial charge in [0, 0.05) is 45.3 Å². The van der Waals surface area contributed by atoms with Crippen molar-refractivity contribution in [1.82, 2.24) is 20.5 Å². The monoisotopic (exact) mass is 367 g/mol. The topological polar surface area (TPSA) is 77.6 Å². The minimum atomic E-state index is -0.0815. The number of carbonyl (C=O) groups is 2. The van der Waals surface area contributed by atoms with Gasteiger partial charge in [-0.15, -0.1) is 12.4 Å². The van der Waals surface area contributed by atoms with Crippen LogP contribution in [-0.4, -0.2) is 67.0 Å². The molecule has 2 aliphatic heterocycles. The van der Waals surface area contributed by atoms with Gasteiger partial charge in [-0.3, -0.25) is 9.59 Å². The fraction of sp³-hybridized carbons (Fsp3) is 0.588. The molecule has 0 spiro atoms. The van der Waals surface area contributed by atoms with E-state index in [0.717, 1.165) is 38.3 Å². The van der Waals surface area contributed by atoms with Crippen molar-refractivity contribution in [2.24, 2.45) is 0 Å². The quantitative estimate of drug-likeness (QED) is 0.788. The van der Waals surface area contributed by atoms with Gasteiger partial charge >= 0.3 is 0 Å². The normalized spacial score (nSPS) is 20.1. The molecule has 2 aliphatic rings. The number of halogens is 1. The summed E-state index contributed by atoms with van der Waals surface area (Å²) >= 11 is 0. The molecule has 7 nitrogen and oxygen atoms in total. The van der Waals surface area contributed by atoms with Crippen LogP contribution in [0.2, 0.25) is 0 Å². The zero-order valence-electron chi connectivity index (χ0n) is 14.3. The summed E-state index contributed by atoms with van der Waals surface area (Å²) in [5.41, 5.74) is 0. The Morgan fingerprint density at radius 2 is 2.04 bits per heavy atom. The van der Waals surface area contributed by atoms with E-state index in [-0.39, 0.29) is 30.3 Å². The summed E-state index contributed by atoms with van der Waals surface area (Å²) in [6, 6.07) is 5.78. The SMILES string of the molecule is Cl.O=C(NCCC(=O)N1CCN(c2ccccn2)CC1)[C@@H]1CCCN1.